The van der Waals surface area contributed by atoms with Gasteiger partial charge in [-0.3, -0.25) is 4.98 Å². The maximum absolute atomic E-state index is 4.21. The molecule has 0 N–H and O–H groups in total. The van der Waals surface area contributed by atoms with Crippen LogP contribution in [0.4, 0.5) is 0 Å². The van der Waals surface area contributed by atoms with Crippen molar-refractivity contribution >= 4 is 22.2 Å². The summed E-state index contributed by atoms with van der Waals surface area (Å²) in [5, 5.41) is 1.44. The molecule has 2 aromatic heterocycles. The molecule has 2 aliphatic rings. The van der Waals surface area contributed by atoms with E-state index < -0.39 is 0 Å². The van der Waals surface area contributed by atoms with Gasteiger partial charge in [0, 0.05) is 48.7 Å². The zero-order valence-electron chi connectivity index (χ0n) is 15.6. The van der Waals surface area contributed by atoms with Crippen LogP contribution in [0.3, 0.4) is 0 Å². The number of fused-ring (bicyclic) bond motifs is 3. The summed E-state index contributed by atoms with van der Waals surface area (Å²) in [7, 11) is 2.24. The van der Waals surface area contributed by atoms with Crippen LogP contribution < -0.4 is 0 Å². The fraction of sp³-hybridized carbons (Fsp3) is 0.348. The molecule has 0 spiro atoms. The molecule has 0 fully saturated rings. The van der Waals surface area contributed by atoms with Gasteiger partial charge in [0.15, 0.2) is 0 Å². The van der Waals surface area contributed by atoms with Gasteiger partial charge in [0.25, 0.3) is 0 Å². The lowest BCUT2D eigenvalue weighted by Crippen LogP contribution is -2.27. The van der Waals surface area contributed by atoms with E-state index in [-0.39, 0.29) is 0 Å². The Labute approximate surface area is 155 Å². The number of aromatic nitrogens is 2. The van der Waals surface area contributed by atoms with E-state index in [9.17, 15) is 0 Å². The molecule has 3 heteroatoms. The second-order valence-corrected chi connectivity index (χ2v) is 7.78. The van der Waals surface area contributed by atoms with Crippen molar-refractivity contribution in [1.29, 1.82) is 0 Å². The van der Waals surface area contributed by atoms with Gasteiger partial charge in [0.05, 0.1) is 5.52 Å². The van der Waals surface area contributed by atoms with E-state index in [0.717, 1.165) is 25.9 Å². The largest absolute Gasteiger partial charge is 0.317 e. The van der Waals surface area contributed by atoms with Crippen molar-refractivity contribution in [3.05, 3.63) is 65.1 Å². The van der Waals surface area contributed by atoms with E-state index in [1.807, 2.05) is 12.4 Å². The van der Waals surface area contributed by atoms with Gasteiger partial charge < -0.3 is 9.47 Å². The molecule has 3 aromatic rings. The fourth-order valence-electron chi connectivity index (χ4n) is 4.75. The maximum Gasteiger partial charge on any atom is 0.0531 e. The topological polar surface area (TPSA) is 21.1 Å². The zero-order valence-corrected chi connectivity index (χ0v) is 15.6. The van der Waals surface area contributed by atoms with Crippen molar-refractivity contribution in [2.75, 3.05) is 13.6 Å². The second kappa shape index (κ2) is 6.10. The van der Waals surface area contributed by atoms with Crippen LogP contribution in [0.15, 0.2) is 42.7 Å². The van der Waals surface area contributed by atoms with Gasteiger partial charge in [-0.1, -0.05) is 11.6 Å². The van der Waals surface area contributed by atoms with Crippen molar-refractivity contribution < 1.29 is 0 Å². The first-order valence-electron chi connectivity index (χ1n) is 9.66. The lowest BCUT2D eigenvalue weighted by atomic mass is 10.0. The number of hydrogen-bond donors (Lipinski definition) is 0. The Kier molecular flexibility index (Phi) is 3.71. The monoisotopic (exact) mass is 343 g/mol. The van der Waals surface area contributed by atoms with Gasteiger partial charge in [0.1, 0.15) is 0 Å². The summed E-state index contributed by atoms with van der Waals surface area (Å²) in [4.78, 5) is 6.65. The number of rotatable bonds is 2. The molecule has 0 amide bonds. The first kappa shape index (κ1) is 15.8. The molecule has 1 aromatic carbocycles. The summed E-state index contributed by atoms with van der Waals surface area (Å²) in [5.41, 5.74) is 10.2. The van der Waals surface area contributed by atoms with E-state index in [2.05, 4.69) is 58.8 Å². The number of pyridine rings is 1. The number of hydrogen-bond acceptors (Lipinski definition) is 2. The first-order chi connectivity index (χ1) is 12.7. The Hall–Kier alpha value is -2.39. The molecule has 1 aliphatic carbocycles. The van der Waals surface area contributed by atoms with E-state index in [1.165, 1.54) is 57.4 Å². The van der Waals surface area contributed by atoms with E-state index in [1.54, 1.807) is 0 Å². The minimum absolute atomic E-state index is 1.06. The highest BCUT2D eigenvalue weighted by molar-refractivity contribution is 5.95. The van der Waals surface area contributed by atoms with Crippen LogP contribution in [0.5, 0.6) is 0 Å². The summed E-state index contributed by atoms with van der Waals surface area (Å²) in [6.45, 7) is 4.40. The molecule has 0 radical (unpaired) electrons. The third kappa shape index (κ3) is 2.42. The average Bonchev–Trinajstić information content (AvgIpc) is 3.24. The van der Waals surface area contributed by atoms with Gasteiger partial charge in [0.2, 0.25) is 0 Å². The minimum atomic E-state index is 1.06. The van der Waals surface area contributed by atoms with Gasteiger partial charge >= 0.3 is 0 Å². The highest BCUT2D eigenvalue weighted by Crippen LogP contribution is 2.42. The standard InChI is InChI=1S/C23H25N3/c1-16-6-7-22-19(14-16)20-15-25(2)13-10-23(20)26(22)21-5-3-4-18(21)17-8-11-24-12-9-17/h6-9,11-12,14H,3-5,10,13,15H2,1-2H3. The Morgan fingerprint density at radius 1 is 1.00 bits per heavy atom. The van der Waals surface area contributed by atoms with Gasteiger partial charge in [-0.2, -0.15) is 0 Å². The predicted octanol–water partition coefficient (Wildman–Crippen LogP) is 4.88. The van der Waals surface area contributed by atoms with E-state index in [4.69, 9.17) is 0 Å². The average molecular weight is 343 g/mol. The SMILES string of the molecule is Cc1ccc2c(c1)c1c(n2C2=C(c3ccncc3)CCC2)CCN(C)C1. The molecular formula is C23H25N3. The van der Waals surface area contributed by atoms with Crippen LogP contribution in [0.2, 0.25) is 0 Å². The van der Waals surface area contributed by atoms with Crippen molar-refractivity contribution in [3.8, 4) is 0 Å². The Bertz CT molecular complexity index is 1010. The molecule has 26 heavy (non-hydrogen) atoms. The molecule has 132 valence electrons. The molecule has 0 saturated heterocycles. The number of nitrogens with zero attached hydrogens (tertiary/aromatic N) is 3. The Morgan fingerprint density at radius 2 is 1.85 bits per heavy atom. The molecule has 3 nitrogen and oxygen atoms in total. The van der Waals surface area contributed by atoms with Crippen LogP contribution in [0, 0.1) is 6.92 Å². The summed E-state index contributed by atoms with van der Waals surface area (Å²) < 4.78 is 2.61. The second-order valence-electron chi connectivity index (χ2n) is 7.78. The van der Waals surface area contributed by atoms with Crippen LogP contribution >= 0.6 is 0 Å². The summed E-state index contributed by atoms with van der Waals surface area (Å²) in [5.74, 6) is 0. The minimum Gasteiger partial charge on any atom is -0.317 e. The lowest BCUT2D eigenvalue weighted by Gasteiger charge is -2.25. The number of allylic oxidation sites excluding steroid dienone is 2. The van der Waals surface area contributed by atoms with Crippen LogP contribution in [-0.4, -0.2) is 28.0 Å². The quantitative estimate of drug-likeness (QED) is 0.661. The summed E-state index contributed by atoms with van der Waals surface area (Å²) in [6, 6.07) is 11.3. The van der Waals surface area contributed by atoms with Crippen LogP contribution in [-0.2, 0) is 13.0 Å². The van der Waals surface area contributed by atoms with Gasteiger partial charge in [-0.05, 0) is 74.2 Å². The molecular weight excluding hydrogens is 318 g/mol. The Morgan fingerprint density at radius 3 is 2.69 bits per heavy atom. The zero-order chi connectivity index (χ0) is 17.7. The molecule has 3 heterocycles. The molecule has 0 bridgehead atoms. The van der Waals surface area contributed by atoms with E-state index >= 15 is 0 Å². The fourth-order valence-corrected chi connectivity index (χ4v) is 4.75. The number of aryl methyl sites for hydroxylation is 1. The summed E-state index contributed by atoms with van der Waals surface area (Å²) >= 11 is 0. The maximum atomic E-state index is 4.21. The smallest absolute Gasteiger partial charge is 0.0531 e. The highest BCUT2D eigenvalue weighted by atomic mass is 15.1. The van der Waals surface area contributed by atoms with Crippen LogP contribution in [0.25, 0.3) is 22.2 Å². The third-order valence-corrected chi connectivity index (χ3v) is 5.98. The van der Waals surface area contributed by atoms with Crippen LogP contribution in [0.1, 0.15) is 41.6 Å². The molecule has 0 unspecified atom stereocenters. The third-order valence-electron chi connectivity index (χ3n) is 5.98. The highest BCUT2D eigenvalue weighted by Gasteiger charge is 2.27. The predicted molar refractivity (Wildman–Crippen MR) is 108 cm³/mol. The van der Waals surface area contributed by atoms with Crippen molar-refractivity contribution in [1.82, 2.24) is 14.5 Å². The normalized spacial score (nSPS) is 17.9. The summed E-state index contributed by atoms with van der Waals surface area (Å²) in [6.07, 6.45) is 8.54. The molecule has 5 rings (SSSR count). The number of benzene rings is 1. The molecule has 0 atom stereocenters. The van der Waals surface area contributed by atoms with E-state index in [0.29, 0.717) is 0 Å². The van der Waals surface area contributed by atoms with Crippen molar-refractivity contribution in [2.45, 2.75) is 39.2 Å². The van der Waals surface area contributed by atoms with Gasteiger partial charge in [-0.25, -0.2) is 0 Å². The number of likely N-dealkylation sites (N-methyl/N-ethyl adjacent to an activating group) is 1. The lowest BCUT2D eigenvalue weighted by molar-refractivity contribution is 0.311. The Balaban J connectivity index is 1.79. The molecule has 1 aliphatic heterocycles. The van der Waals surface area contributed by atoms with Crippen molar-refractivity contribution in [3.63, 3.8) is 0 Å². The van der Waals surface area contributed by atoms with Crippen molar-refractivity contribution in [2.24, 2.45) is 0 Å². The van der Waals surface area contributed by atoms with Gasteiger partial charge in [-0.15, -0.1) is 0 Å². The molecule has 0 saturated carbocycles. The first-order valence-corrected chi connectivity index (χ1v) is 9.66.